The summed E-state index contributed by atoms with van der Waals surface area (Å²) >= 11 is 0. The number of allylic oxidation sites excluding steroid dienone is 5. The van der Waals surface area contributed by atoms with Gasteiger partial charge in [-0.1, -0.05) is 44.2 Å². The van der Waals surface area contributed by atoms with Gasteiger partial charge in [-0.15, -0.1) is 0 Å². The molecule has 1 aromatic carbocycles. The fourth-order valence-corrected chi connectivity index (χ4v) is 1.82. The normalized spacial score (nSPS) is 12.6. The molecule has 2 heteroatoms. The molecule has 1 rings (SSSR count). The first-order chi connectivity index (χ1) is 8.60. The Morgan fingerprint density at radius 3 is 2.67 bits per heavy atom. The number of halogens is 1. The van der Waals surface area contributed by atoms with E-state index in [0.29, 0.717) is 5.56 Å². The summed E-state index contributed by atoms with van der Waals surface area (Å²) in [6, 6.07) is 5.05. The van der Waals surface area contributed by atoms with Gasteiger partial charge in [0.05, 0.1) is 0 Å². The van der Waals surface area contributed by atoms with Gasteiger partial charge < -0.3 is 5.73 Å². The summed E-state index contributed by atoms with van der Waals surface area (Å²) in [7, 11) is 0. The maximum absolute atomic E-state index is 13.8. The van der Waals surface area contributed by atoms with Gasteiger partial charge in [0.15, 0.2) is 0 Å². The van der Waals surface area contributed by atoms with Gasteiger partial charge in [0.1, 0.15) is 5.82 Å². The zero-order chi connectivity index (χ0) is 13.5. The Labute approximate surface area is 109 Å². The fourth-order valence-electron chi connectivity index (χ4n) is 1.82. The molecule has 0 saturated carbocycles. The molecule has 0 heterocycles. The Kier molecular flexibility index (Phi) is 5.37. The van der Waals surface area contributed by atoms with E-state index in [0.717, 1.165) is 29.7 Å². The van der Waals surface area contributed by atoms with E-state index in [1.54, 1.807) is 12.1 Å². The van der Waals surface area contributed by atoms with Gasteiger partial charge in [0, 0.05) is 11.3 Å². The zero-order valence-corrected chi connectivity index (χ0v) is 11.0. The van der Waals surface area contributed by atoms with Crippen molar-refractivity contribution in [1.29, 1.82) is 0 Å². The molecule has 0 aromatic heterocycles. The van der Waals surface area contributed by atoms with Crippen molar-refractivity contribution in [2.75, 3.05) is 0 Å². The molecule has 0 spiro atoms. The van der Waals surface area contributed by atoms with E-state index in [4.69, 9.17) is 5.73 Å². The summed E-state index contributed by atoms with van der Waals surface area (Å²) in [5.74, 6) is -0.233. The molecule has 1 aromatic rings. The number of aryl methyl sites for hydroxylation is 1. The molecular weight excluding hydrogens is 225 g/mol. The van der Waals surface area contributed by atoms with Crippen LogP contribution in [0, 0.1) is 12.7 Å². The van der Waals surface area contributed by atoms with Gasteiger partial charge in [-0.25, -0.2) is 4.39 Å². The third-order valence-corrected chi connectivity index (χ3v) is 2.75. The first-order valence-corrected chi connectivity index (χ1v) is 6.14. The van der Waals surface area contributed by atoms with Crippen molar-refractivity contribution in [1.82, 2.24) is 0 Å². The zero-order valence-electron chi connectivity index (χ0n) is 11.0. The van der Waals surface area contributed by atoms with Crippen LogP contribution in [0.25, 0.3) is 5.57 Å². The highest BCUT2D eigenvalue weighted by atomic mass is 19.1. The Hall–Kier alpha value is -1.83. The molecule has 0 aliphatic heterocycles. The predicted octanol–water partition coefficient (Wildman–Crippen LogP) is 4.35. The molecule has 0 amide bonds. The van der Waals surface area contributed by atoms with Crippen molar-refractivity contribution >= 4 is 5.57 Å². The van der Waals surface area contributed by atoms with Gasteiger partial charge in [0.2, 0.25) is 0 Å². The lowest BCUT2D eigenvalue weighted by Crippen LogP contribution is -1.96. The van der Waals surface area contributed by atoms with Gasteiger partial charge in [-0.3, -0.25) is 0 Å². The van der Waals surface area contributed by atoms with Crippen LogP contribution in [-0.2, 0) is 0 Å². The van der Waals surface area contributed by atoms with Crippen LogP contribution in [0.5, 0.6) is 0 Å². The summed E-state index contributed by atoms with van der Waals surface area (Å²) in [5, 5.41) is 0. The average Bonchev–Trinajstić information content (AvgIpc) is 2.33. The average molecular weight is 245 g/mol. The van der Waals surface area contributed by atoms with Crippen molar-refractivity contribution in [3.8, 4) is 0 Å². The smallest absolute Gasteiger partial charge is 0.131 e. The van der Waals surface area contributed by atoms with Crippen LogP contribution in [0.1, 0.15) is 30.9 Å². The summed E-state index contributed by atoms with van der Waals surface area (Å²) in [5.41, 5.74) is 8.86. The van der Waals surface area contributed by atoms with Gasteiger partial charge in [-0.2, -0.15) is 0 Å². The summed E-state index contributed by atoms with van der Waals surface area (Å²) in [4.78, 5) is 0. The lowest BCUT2D eigenvalue weighted by molar-refractivity contribution is 0.623. The summed E-state index contributed by atoms with van der Waals surface area (Å²) in [6.45, 7) is 7.69. The third kappa shape index (κ3) is 3.59. The molecule has 96 valence electrons. The van der Waals surface area contributed by atoms with E-state index in [1.807, 2.05) is 25.1 Å². The van der Waals surface area contributed by atoms with Crippen molar-refractivity contribution in [3.63, 3.8) is 0 Å². The highest BCUT2D eigenvalue weighted by Gasteiger charge is 2.07. The van der Waals surface area contributed by atoms with E-state index in [-0.39, 0.29) is 5.82 Å². The fraction of sp³-hybridized carbons (Fsp3) is 0.250. The van der Waals surface area contributed by atoms with E-state index in [1.165, 1.54) is 6.07 Å². The highest BCUT2D eigenvalue weighted by Crippen LogP contribution is 2.23. The molecule has 0 fully saturated rings. The highest BCUT2D eigenvalue weighted by molar-refractivity contribution is 5.77. The monoisotopic (exact) mass is 245 g/mol. The maximum atomic E-state index is 13.8. The van der Waals surface area contributed by atoms with Crippen LogP contribution in [-0.4, -0.2) is 0 Å². The van der Waals surface area contributed by atoms with Crippen LogP contribution in [0.15, 0.2) is 48.7 Å². The molecule has 0 aliphatic rings. The van der Waals surface area contributed by atoms with Crippen molar-refractivity contribution in [3.05, 3.63) is 65.6 Å². The first kappa shape index (κ1) is 14.2. The third-order valence-electron chi connectivity index (χ3n) is 2.75. The Balaban J connectivity index is 3.14. The summed E-state index contributed by atoms with van der Waals surface area (Å²) < 4.78 is 13.8. The second-order valence-corrected chi connectivity index (χ2v) is 4.25. The minimum Gasteiger partial charge on any atom is -0.402 e. The van der Waals surface area contributed by atoms with Crippen LogP contribution in [0.4, 0.5) is 4.39 Å². The van der Waals surface area contributed by atoms with Crippen molar-refractivity contribution in [2.45, 2.75) is 26.7 Å². The van der Waals surface area contributed by atoms with Crippen molar-refractivity contribution in [2.24, 2.45) is 5.73 Å². The lowest BCUT2D eigenvalue weighted by Gasteiger charge is -2.07. The maximum Gasteiger partial charge on any atom is 0.131 e. The Morgan fingerprint density at radius 2 is 2.11 bits per heavy atom. The van der Waals surface area contributed by atoms with Crippen molar-refractivity contribution < 1.29 is 4.39 Å². The lowest BCUT2D eigenvalue weighted by atomic mass is 9.99. The van der Waals surface area contributed by atoms with E-state index < -0.39 is 0 Å². The van der Waals surface area contributed by atoms with Crippen LogP contribution in [0.2, 0.25) is 0 Å². The molecule has 0 atom stereocenters. The number of hydrogen-bond acceptors (Lipinski definition) is 1. The van der Waals surface area contributed by atoms with Gasteiger partial charge in [-0.05, 0) is 36.6 Å². The number of benzene rings is 1. The standard InChI is InChI=1S/C16H20FN/c1-4-7-14(18)11-10-13(5-2)16-12(3)8-6-9-15(16)17/h5-6,8-11H,2,4,7,18H2,1,3H3/b13-10+,14-11+. The molecule has 0 unspecified atom stereocenters. The molecular formula is C16H20FN. The molecule has 0 saturated heterocycles. The van der Waals surface area contributed by atoms with E-state index >= 15 is 0 Å². The Bertz CT molecular complexity index is 464. The van der Waals surface area contributed by atoms with Gasteiger partial charge >= 0.3 is 0 Å². The second kappa shape index (κ2) is 6.80. The topological polar surface area (TPSA) is 26.0 Å². The minimum absolute atomic E-state index is 0.233. The Morgan fingerprint density at radius 1 is 1.39 bits per heavy atom. The quantitative estimate of drug-likeness (QED) is 0.767. The largest absolute Gasteiger partial charge is 0.402 e. The molecule has 1 nitrogen and oxygen atoms in total. The molecule has 0 radical (unpaired) electrons. The van der Waals surface area contributed by atoms with Crippen LogP contribution < -0.4 is 5.73 Å². The minimum atomic E-state index is -0.233. The molecule has 2 N–H and O–H groups in total. The number of rotatable bonds is 5. The molecule has 18 heavy (non-hydrogen) atoms. The van der Waals surface area contributed by atoms with Crippen LogP contribution >= 0.6 is 0 Å². The number of hydrogen-bond donors (Lipinski definition) is 1. The summed E-state index contributed by atoms with van der Waals surface area (Å²) in [6.07, 6.45) is 7.15. The van der Waals surface area contributed by atoms with E-state index in [9.17, 15) is 4.39 Å². The molecule has 0 bridgehead atoms. The SMILES string of the molecule is C=C/C(=C\C=C(\N)CCC)c1c(C)cccc1F. The second-order valence-electron chi connectivity index (χ2n) is 4.25. The van der Waals surface area contributed by atoms with Gasteiger partial charge in [0.25, 0.3) is 0 Å². The first-order valence-electron chi connectivity index (χ1n) is 6.14. The van der Waals surface area contributed by atoms with E-state index in [2.05, 4.69) is 13.5 Å². The number of nitrogens with two attached hydrogens (primary N) is 1. The van der Waals surface area contributed by atoms with Crippen LogP contribution in [0.3, 0.4) is 0 Å². The predicted molar refractivity (Wildman–Crippen MR) is 76.5 cm³/mol. The molecule has 0 aliphatic carbocycles.